The molecule has 1 radical (unpaired) electrons. The van der Waals surface area contributed by atoms with Crippen molar-refractivity contribution < 1.29 is 4.74 Å². The molecule has 0 aliphatic heterocycles. The molecule has 0 saturated carbocycles. The van der Waals surface area contributed by atoms with Gasteiger partial charge >= 0.3 is 0 Å². The molecular weight excluding hydrogens is 196 g/mol. The second-order valence-corrected chi connectivity index (χ2v) is 4.45. The molecule has 0 spiro atoms. The van der Waals surface area contributed by atoms with E-state index in [0.29, 0.717) is 0 Å². The third-order valence-electron chi connectivity index (χ3n) is 2.99. The highest BCUT2D eigenvalue weighted by Crippen LogP contribution is 2.13. The van der Waals surface area contributed by atoms with Gasteiger partial charge in [-0.2, -0.15) is 0 Å². The Kier molecular flexibility index (Phi) is 6.71. The summed E-state index contributed by atoms with van der Waals surface area (Å²) < 4.78 is 5.62. The van der Waals surface area contributed by atoms with Crippen LogP contribution in [-0.2, 0) is 0 Å². The van der Waals surface area contributed by atoms with E-state index in [1.165, 1.54) is 25.7 Å². The van der Waals surface area contributed by atoms with Gasteiger partial charge in [0.05, 0.1) is 6.61 Å². The molecular formula is C15H23O. The third kappa shape index (κ3) is 5.79. The largest absolute Gasteiger partial charge is 0.494 e. The number of unbranched alkanes of at least 4 members (excludes halogenated alkanes) is 2. The fourth-order valence-electron chi connectivity index (χ4n) is 1.63. The maximum absolute atomic E-state index is 5.62. The van der Waals surface area contributed by atoms with Gasteiger partial charge in [0.25, 0.3) is 0 Å². The molecule has 0 heterocycles. The Labute approximate surface area is 99.8 Å². The molecule has 1 atom stereocenters. The number of hydrogen-bond donors (Lipinski definition) is 0. The van der Waals surface area contributed by atoms with Crippen LogP contribution in [0, 0.1) is 12.0 Å². The fourth-order valence-corrected chi connectivity index (χ4v) is 1.63. The highest BCUT2D eigenvalue weighted by Gasteiger charge is 1.98. The molecule has 1 aromatic rings. The average molecular weight is 219 g/mol. The van der Waals surface area contributed by atoms with Crippen LogP contribution in [-0.4, -0.2) is 6.61 Å². The Bertz CT molecular complexity index is 255. The van der Waals surface area contributed by atoms with Crippen molar-refractivity contribution in [3.63, 3.8) is 0 Å². The van der Waals surface area contributed by atoms with Crippen LogP contribution in [0.1, 0.15) is 46.0 Å². The first-order valence-electron chi connectivity index (χ1n) is 6.42. The van der Waals surface area contributed by atoms with E-state index < -0.39 is 0 Å². The maximum atomic E-state index is 5.62. The van der Waals surface area contributed by atoms with Crippen LogP contribution in [0.15, 0.2) is 24.3 Å². The van der Waals surface area contributed by atoms with Crippen LogP contribution in [0.2, 0.25) is 0 Å². The summed E-state index contributed by atoms with van der Waals surface area (Å²) in [5.74, 6) is 1.84. The van der Waals surface area contributed by atoms with Crippen LogP contribution in [0.3, 0.4) is 0 Å². The fraction of sp³-hybridized carbons (Fsp3) is 0.600. The summed E-state index contributed by atoms with van der Waals surface area (Å²) in [5.41, 5.74) is 0. The van der Waals surface area contributed by atoms with Crippen molar-refractivity contribution in [3.8, 4) is 5.75 Å². The molecule has 89 valence electrons. The normalized spacial score (nSPS) is 12.4. The Balaban J connectivity index is 1.96. The third-order valence-corrected chi connectivity index (χ3v) is 2.99. The standard InChI is InChI=1S/C15H23O/c1-3-14(2)10-6-5-9-13-16-15-11-7-4-8-12-15/h7-8,11-12,14H,3,5-6,9-10,13H2,1-2H3. The van der Waals surface area contributed by atoms with Gasteiger partial charge in [0.15, 0.2) is 0 Å². The monoisotopic (exact) mass is 219 g/mol. The first-order valence-corrected chi connectivity index (χ1v) is 6.42. The Morgan fingerprint density at radius 3 is 2.62 bits per heavy atom. The SMILES string of the molecule is CCC(C)CCCCCOc1cc[c]cc1. The number of hydrogen-bond acceptors (Lipinski definition) is 1. The van der Waals surface area contributed by atoms with E-state index >= 15 is 0 Å². The predicted octanol–water partition coefficient (Wildman–Crippen LogP) is 4.47. The van der Waals surface area contributed by atoms with Crippen molar-refractivity contribution in [1.29, 1.82) is 0 Å². The van der Waals surface area contributed by atoms with E-state index in [-0.39, 0.29) is 0 Å². The second-order valence-electron chi connectivity index (χ2n) is 4.45. The van der Waals surface area contributed by atoms with Crippen molar-refractivity contribution >= 4 is 0 Å². The molecule has 0 aromatic heterocycles. The van der Waals surface area contributed by atoms with E-state index in [1.54, 1.807) is 0 Å². The molecule has 0 fully saturated rings. The van der Waals surface area contributed by atoms with Crippen LogP contribution < -0.4 is 4.74 Å². The van der Waals surface area contributed by atoms with Gasteiger partial charge in [-0.3, -0.25) is 0 Å². The van der Waals surface area contributed by atoms with Crippen LogP contribution in [0.4, 0.5) is 0 Å². The average Bonchev–Trinajstić information content (AvgIpc) is 2.34. The highest BCUT2D eigenvalue weighted by atomic mass is 16.5. The molecule has 1 heteroatoms. The Morgan fingerprint density at radius 1 is 1.19 bits per heavy atom. The van der Waals surface area contributed by atoms with Gasteiger partial charge in [-0.15, -0.1) is 0 Å². The molecule has 0 amide bonds. The molecule has 1 nitrogen and oxygen atoms in total. The minimum absolute atomic E-state index is 0.838. The Morgan fingerprint density at radius 2 is 1.94 bits per heavy atom. The van der Waals surface area contributed by atoms with Crippen molar-refractivity contribution in [3.05, 3.63) is 30.3 Å². The molecule has 0 saturated heterocycles. The Hall–Kier alpha value is -0.980. The first kappa shape index (κ1) is 13.1. The van der Waals surface area contributed by atoms with E-state index in [0.717, 1.165) is 24.7 Å². The zero-order chi connectivity index (χ0) is 11.6. The van der Waals surface area contributed by atoms with E-state index in [9.17, 15) is 0 Å². The summed E-state index contributed by atoms with van der Waals surface area (Å²) >= 11 is 0. The molecule has 0 aliphatic rings. The summed E-state index contributed by atoms with van der Waals surface area (Å²) in [4.78, 5) is 0. The summed E-state index contributed by atoms with van der Waals surface area (Å²) in [6.45, 7) is 5.43. The molecule has 1 rings (SSSR count). The summed E-state index contributed by atoms with van der Waals surface area (Å²) in [5, 5.41) is 0. The van der Waals surface area contributed by atoms with E-state index in [2.05, 4.69) is 19.9 Å². The lowest BCUT2D eigenvalue weighted by atomic mass is 10.0. The van der Waals surface area contributed by atoms with Crippen molar-refractivity contribution in [2.75, 3.05) is 6.61 Å². The van der Waals surface area contributed by atoms with Crippen LogP contribution >= 0.6 is 0 Å². The van der Waals surface area contributed by atoms with Gasteiger partial charge in [0.1, 0.15) is 5.75 Å². The predicted molar refractivity (Wildman–Crippen MR) is 68.7 cm³/mol. The number of benzene rings is 1. The van der Waals surface area contributed by atoms with Gasteiger partial charge in [-0.05, 0) is 30.5 Å². The summed E-state index contributed by atoms with van der Waals surface area (Å²) in [6, 6.07) is 10.7. The minimum Gasteiger partial charge on any atom is -0.494 e. The molecule has 1 unspecified atom stereocenters. The molecule has 0 bridgehead atoms. The van der Waals surface area contributed by atoms with Gasteiger partial charge in [0, 0.05) is 0 Å². The lowest BCUT2D eigenvalue weighted by Gasteiger charge is -2.08. The topological polar surface area (TPSA) is 9.23 Å². The van der Waals surface area contributed by atoms with Crippen LogP contribution in [0.5, 0.6) is 5.75 Å². The molecule has 0 N–H and O–H groups in total. The number of ether oxygens (including phenoxy) is 1. The zero-order valence-electron chi connectivity index (χ0n) is 10.5. The second kappa shape index (κ2) is 8.20. The minimum atomic E-state index is 0.838. The van der Waals surface area contributed by atoms with Gasteiger partial charge in [-0.1, -0.05) is 51.7 Å². The van der Waals surface area contributed by atoms with Gasteiger partial charge < -0.3 is 4.74 Å². The lowest BCUT2D eigenvalue weighted by molar-refractivity contribution is 0.302. The van der Waals surface area contributed by atoms with Crippen LogP contribution in [0.25, 0.3) is 0 Å². The first-order chi connectivity index (χ1) is 7.83. The smallest absolute Gasteiger partial charge is 0.119 e. The lowest BCUT2D eigenvalue weighted by Crippen LogP contribution is -1.98. The van der Waals surface area contributed by atoms with Crippen molar-refractivity contribution in [2.24, 2.45) is 5.92 Å². The van der Waals surface area contributed by atoms with Crippen molar-refractivity contribution in [2.45, 2.75) is 46.0 Å². The zero-order valence-corrected chi connectivity index (χ0v) is 10.5. The summed E-state index contributed by atoms with van der Waals surface area (Å²) in [6.07, 6.45) is 6.44. The molecule has 1 aromatic carbocycles. The maximum Gasteiger partial charge on any atom is 0.119 e. The van der Waals surface area contributed by atoms with E-state index in [4.69, 9.17) is 4.74 Å². The number of rotatable bonds is 8. The van der Waals surface area contributed by atoms with Gasteiger partial charge in [-0.25, -0.2) is 0 Å². The summed E-state index contributed by atoms with van der Waals surface area (Å²) in [7, 11) is 0. The quantitative estimate of drug-likeness (QED) is 0.586. The van der Waals surface area contributed by atoms with E-state index in [1.807, 2.05) is 24.3 Å². The molecule has 16 heavy (non-hydrogen) atoms. The van der Waals surface area contributed by atoms with Crippen molar-refractivity contribution in [1.82, 2.24) is 0 Å². The highest BCUT2D eigenvalue weighted by molar-refractivity contribution is 5.20. The molecule has 0 aliphatic carbocycles. The van der Waals surface area contributed by atoms with Gasteiger partial charge in [0.2, 0.25) is 0 Å².